The van der Waals surface area contributed by atoms with Gasteiger partial charge in [0.15, 0.2) is 0 Å². The summed E-state index contributed by atoms with van der Waals surface area (Å²) in [7, 11) is 0. The van der Waals surface area contributed by atoms with Crippen molar-refractivity contribution >= 4 is 0 Å². The Morgan fingerprint density at radius 3 is 2.54 bits per heavy atom. The fourth-order valence-electron chi connectivity index (χ4n) is 2.49. The van der Waals surface area contributed by atoms with Gasteiger partial charge < -0.3 is 10.8 Å². The van der Waals surface area contributed by atoms with Gasteiger partial charge >= 0.3 is 0 Å². The number of nitrogens with two attached hydrogens (primary N) is 1. The van der Waals surface area contributed by atoms with E-state index in [2.05, 4.69) is 4.90 Å². The number of hydrogen-bond acceptors (Lipinski definition) is 3. The number of nitrogens with zero attached hydrogens (tertiary/aromatic N) is 1. The second-order valence-electron chi connectivity index (χ2n) is 4.59. The van der Waals surface area contributed by atoms with Crippen LogP contribution >= 0.6 is 0 Å². The second kappa shape index (κ2) is 3.95. The zero-order chi connectivity index (χ0) is 9.26. The summed E-state index contributed by atoms with van der Waals surface area (Å²) in [5.41, 5.74) is 5.70. The first-order chi connectivity index (χ1) is 6.25. The van der Waals surface area contributed by atoms with Crippen molar-refractivity contribution < 1.29 is 5.11 Å². The van der Waals surface area contributed by atoms with Gasteiger partial charge in [-0.15, -0.1) is 0 Å². The molecule has 76 valence electrons. The topological polar surface area (TPSA) is 49.5 Å². The highest BCUT2D eigenvalue weighted by Gasteiger charge is 2.29. The van der Waals surface area contributed by atoms with Gasteiger partial charge in [-0.25, -0.2) is 0 Å². The lowest BCUT2D eigenvalue weighted by molar-refractivity contribution is 0.0266. The van der Waals surface area contributed by atoms with Crippen LogP contribution in [0.4, 0.5) is 0 Å². The summed E-state index contributed by atoms with van der Waals surface area (Å²) in [6, 6.07) is 0.390. The molecule has 2 rings (SSSR count). The van der Waals surface area contributed by atoms with E-state index in [1.54, 1.807) is 0 Å². The molecule has 3 N–H and O–H groups in total. The summed E-state index contributed by atoms with van der Waals surface area (Å²) in [6.45, 7) is 3.13. The van der Waals surface area contributed by atoms with Gasteiger partial charge in [0.25, 0.3) is 0 Å². The van der Waals surface area contributed by atoms with Crippen molar-refractivity contribution in [2.75, 3.05) is 19.6 Å². The predicted octanol–water partition coefficient (Wildman–Crippen LogP) is 0.180. The van der Waals surface area contributed by atoms with Crippen LogP contribution in [0.3, 0.4) is 0 Å². The molecule has 1 saturated carbocycles. The van der Waals surface area contributed by atoms with Crippen LogP contribution in [0.15, 0.2) is 0 Å². The SMILES string of the molecule is NC1CN(CC2CCCCC2O)C1. The summed E-state index contributed by atoms with van der Waals surface area (Å²) in [6.07, 6.45) is 4.65. The van der Waals surface area contributed by atoms with E-state index < -0.39 is 0 Å². The Labute approximate surface area is 79.9 Å². The average molecular weight is 184 g/mol. The van der Waals surface area contributed by atoms with E-state index in [4.69, 9.17) is 5.73 Å². The van der Waals surface area contributed by atoms with Crippen molar-refractivity contribution in [3.8, 4) is 0 Å². The molecule has 2 fully saturated rings. The number of hydrogen-bond donors (Lipinski definition) is 2. The van der Waals surface area contributed by atoms with E-state index in [1.165, 1.54) is 19.3 Å². The fraction of sp³-hybridized carbons (Fsp3) is 1.00. The maximum Gasteiger partial charge on any atom is 0.0580 e. The molecule has 2 aliphatic rings. The van der Waals surface area contributed by atoms with E-state index in [0.29, 0.717) is 12.0 Å². The first kappa shape index (κ1) is 9.44. The molecule has 3 nitrogen and oxygen atoms in total. The molecule has 0 radical (unpaired) electrons. The zero-order valence-corrected chi connectivity index (χ0v) is 8.15. The summed E-state index contributed by atoms with van der Waals surface area (Å²) >= 11 is 0. The highest BCUT2D eigenvalue weighted by molar-refractivity contribution is 4.86. The summed E-state index contributed by atoms with van der Waals surface area (Å²) in [5, 5.41) is 9.75. The number of likely N-dealkylation sites (tertiary alicyclic amines) is 1. The highest BCUT2D eigenvalue weighted by atomic mass is 16.3. The quantitative estimate of drug-likeness (QED) is 0.643. The second-order valence-corrected chi connectivity index (χ2v) is 4.59. The third-order valence-electron chi connectivity index (χ3n) is 3.35. The van der Waals surface area contributed by atoms with Crippen LogP contribution in [0.5, 0.6) is 0 Å². The Kier molecular flexibility index (Phi) is 2.86. The molecular weight excluding hydrogens is 164 g/mol. The fourth-order valence-corrected chi connectivity index (χ4v) is 2.49. The highest BCUT2D eigenvalue weighted by Crippen LogP contribution is 2.26. The first-order valence-corrected chi connectivity index (χ1v) is 5.41. The van der Waals surface area contributed by atoms with E-state index >= 15 is 0 Å². The van der Waals surface area contributed by atoms with Crippen LogP contribution < -0.4 is 5.73 Å². The van der Waals surface area contributed by atoms with Crippen molar-refractivity contribution in [1.82, 2.24) is 4.90 Å². The molecule has 0 aromatic carbocycles. The minimum Gasteiger partial charge on any atom is -0.393 e. The van der Waals surface area contributed by atoms with Crippen LogP contribution in [0.2, 0.25) is 0 Å². The van der Waals surface area contributed by atoms with Crippen molar-refractivity contribution in [3.63, 3.8) is 0 Å². The van der Waals surface area contributed by atoms with Gasteiger partial charge in [0.1, 0.15) is 0 Å². The molecule has 0 amide bonds. The maximum absolute atomic E-state index is 9.75. The van der Waals surface area contributed by atoms with Crippen molar-refractivity contribution in [2.24, 2.45) is 11.7 Å². The Balaban J connectivity index is 1.73. The molecule has 0 aromatic heterocycles. The number of rotatable bonds is 2. The first-order valence-electron chi connectivity index (χ1n) is 5.41. The van der Waals surface area contributed by atoms with Crippen LogP contribution in [0.25, 0.3) is 0 Å². The molecule has 2 unspecified atom stereocenters. The normalized spacial score (nSPS) is 37.4. The predicted molar refractivity (Wildman–Crippen MR) is 52.4 cm³/mol. The molecule has 3 heteroatoms. The van der Waals surface area contributed by atoms with Gasteiger partial charge in [-0.2, -0.15) is 0 Å². The standard InChI is InChI=1S/C10H20N2O/c11-9-6-12(7-9)5-8-3-1-2-4-10(8)13/h8-10,13H,1-7,11H2. The van der Waals surface area contributed by atoms with E-state index in [-0.39, 0.29) is 6.10 Å². The maximum atomic E-state index is 9.75. The minimum absolute atomic E-state index is 0.0504. The van der Waals surface area contributed by atoms with Crippen LogP contribution in [-0.2, 0) is 0 Å². The summed E-state index contributed by atoms with van der Waals surface area (Å²) < 4.78 is 0. The zero-order valence-electron chi connectivity index (χ0n) is 8.15. The molecule has 0 spiro atoms. The van der Waals surface area contributed by atoms with Crippen LogP contribution in [-0.4, -0.2) is 41.8 Å². The smallest absolute Gasteiger partial charge is 0.0580 e. The molecule has 1 heterocycles. The van der Waals surface area contributed by atoms with Crippen molar-refractivity contribution in [3.05, 3.63) is 0 Å². The lowest BCUT2D eigenvalue weighted by Gasteiger charge is -2.41. The van der Waals surface area contributed by atoms with Crippen LogP contribution in [0, 0.1) is 5.92 Å². The van der Waals surface area contributed by atoms with E-state index in [9.17, 15) is 5.11 Å². The van der Waals surface area contributed by atoms with Gasteiger partial charge in [0.2, 0.25) is 0 Å². The Hall–Kier alpha value is -0.120. The Morgan fingerprint density at radius 1 is 1.23 bits per heavy atom. The van der Waals surface area contributed by atoms with Gasteiger partial charge in [-0.1, -0.05) is 12.8 Å². The molecule has 1 aliphatic carbocycles. The lowest BCUT2D eigenvalue weighted by atomic mass is 9.85. The minimum atomic E-state index is -0.0504. The molecule has 1 saturated heterocycles. The van der Waals surface area contributed by atoms with Crippen molar-refractivity contribution in [2.45, 2.75) is 37.8 Å². The molecule has 1 aliphatic heterocycles. The number of aliphatic hydroxyl groups excluding tert-OH is 1. The van der Waals surface area contributed by atoms with Gasteiger partial charge in [0, 0.05) is 25.7 Å². The molecular formula is C10H20N2O. The molecule has 2 atom stereocenters. The van der Waals surface area contributed by atoms with E-state index in [1.807, 2.05) is 0 Å². The summed E-state index contributed by atoms with van der Waals surface area (Å²) in [4.78, 5) is 2.36. The van der Waals surface area contributed by atoms with Gasteiger partial charge in [-0.3, -0.25) is 4.90 Å². The molecule has 0 aromatic rings. The van der Waals surface area contributed by atoms with Crippen molar-refractivity contribution in [1.29, 1.82) is 0 Å². The lowest BCUT2D eigenvalue weighted by Crippen LogP contribution is -2.57. The van der Waals surface area contributed by atoms with Gasteiger partial charge in [0.05, 0.1) is 6.10 Å². The van der Waals surface area contributed by atoms with Crippen LogP contribution in [0.1, 0.15) is 25.7 Å². The monoisotopic (exact) mass is 184 g/mol. The Bertz CT molecular complexity index is 168. The van der Waals surface area contributed by atoms with E-state index in [0.717, 1.165) is 26.1 Å². The molecule has 0 bridgehead atoms. The third-order valence-corrected chi connectivity index (χ3v) is 3.35. The number of aliphatic hydroxyl groups is 1. The largest absolute Gasteiger partial charge is 0.393 e. The third kappa shape index (κ3) is 2.22. The summed E-state index contributed by atoms with van der Waals surface area (Å²) in [5.74, 6) is 0.515. The Morgan fingerprint density at radius 2 is 1.92 bits per heavy atom. The van der Waals surface area contributed by atoms with Gasteiger partial charge in [-0.05, 0) is 18.8 Å². The average Bonchev–Trinajstić information content (AvgIpc) is 2.06. The molecule has 13 heavy (non-hydrogen) atoms.